The molecule has 0 aliphatic heterocycles. The number of hydrogen-bond acceptors (Lipinski definition) is 4. The van der Waals surface area contributed by atoms with E-state index in [0.29, 0.717) is 12.1 Å². The fraction of sp³-hybridized carbons (Fsp3) is 0.278. The number of hydrogen-bond donors (Lipinski definition) is 3. The van der Waals surface area contributed by atoms with E-state index in [9.17, 15) is 9.90 Å². The van der Waals surface area contributed by atoms with Gasteiger partial charge in [0, 0.05) is 18.9 Å². The number of anilines is 1. The Kier molecular flexibility index (Phi) is 3.65. The van der Waals surface area contributed by atoms with Gasteiger partial charge in [-0.25, -0.2) is 9.78 Å². The third-order valence-corrected chi connectivity index (χ3v) is 4.61. The molecule has 128 valence electrons. The summed E-state index contributed by atoms with van der Waals surface area (Å²) in [4.78, 5) is 16.7. The lowest BCUT2D eigenvalue weighted by Gasteiger charge is -2.18. The highest BCUT2D eigenvalue weighted by molar-refractivity contribution is 5.92. The monoisotopic (exact) mass is 337 g/mol. The first-order valence-electron chi connectivity index (χ1n) is 8.15. The smallest absolute Gasteiger partial charge is 0.319 e. The summed E-state index contributed by atoms with van der Waals surface area (Å²) < 4.78 is 1.71. The standard InChI is InChI=1S/C18H19N5O2/c1-10-14-8-12(9-19-17(14)23(2)22-10)20-18(25)21-16-13-6-4-3-5-11(13)7-15(16)24/h3-6,8-9,15-16,24H,7H2,1-2H3,(H2,20,21,25)/t15-,16+/m1/s1. The van der Waals surface area contributed by atoms with Crippen molar-refractivity contribution in [2.75, 3.05) is 5.32 Å². The predicted octanol–water partition coefficient (Wildman–Crippen LogP) is 2.06. The van der Waals surface area contributed by atoms with Crippen molar-refractivity contribution in [1.29, 1.82) is 0 Å². The number of rotatable bonds is 2. The lowest BCUT2D eigenvalue weighted by molar-refractivity contribution is 0.144. The highest BCUT2D eigenvalue weighted by Crippen LogP contribution is 2.31. The second-order valence-electron chi connectivity index (χ2n) is 6.35. The maximum absolute atomic E-state index is 12.4. The van der Waals surface area contributed by atoms with Crippen molar-refractivity contribution in [3.63, 3.8) is 0 Å². The third-order valence-electron chi connectivity index (χ3n) is 4.61. The van der Waals surface area contributed by atoms with E-state index < -0.39 is 12.1 Å². The number of pyridine rings is 1. The Morgan fingerprint density at radius 2 is 2.16 bits per heavy atom. The van der Waals surface area contributed by atoms with E-state index in [2.05, 4.69) is 20.7 Å². The van der Waals surface area contributed by atoms with Gasteiger partial charge in [-0.2, -0.15) is 5.10 Å². The molecule has 2 amide bonds. The van der Waals surface area contributed by atoms with E-state index >= 15 is 0 Å². The van der Waals surface area contributed by atoms with Gasteiger partial charge in [0.25, 0.3) is 0 Å². The van der Waals surface area contributed by atoms with Gasteiger partial charge in [0.2, 0.25) is 0 Å². The van der Waals surface area contributed by atoms with Gasteiger partial charge in [-0.15, -0.1) is 0 Å². The molecule has 25 heavy (non-hydrogen) atoms. The first-order valence-corrected chi connectivity index (χ1v) is 8.15. The van der Waals surface area contributed by atoms with Crippen LogP contribution in [0.4, 0.5) is 10.5 Å². The van der Waals surface area contributed by atoms with Crippen LogP contribution in [0.25, 0.3) is 11.0 Å². The van der Waals surface area contributed by atoms with Crippen LogP contribution >= 0.6 is 0 Å². The fourth-order valence-electron chi connectivity index (χ4n) is 3.43. The number of urea groups is 1. The van der Waals surface area contributed by atoms with Gasteiger partial charge in [0.1, 0.15) is 0 Å². The Morgan fingerprint density at radius 1 is 1.36 bits per heavy atom. The zero-order valence-electron chi connectivity index (χ0n) is 14.0. The van der Waals surface area contributed by atoms with E-state index in [0.717, 1.165) is 27.9 Å². The average Bonchev–Trinajstić information content (AvgIpc) is 3.04. The Hall–Kier alpha value is -2.93. The molecule has 4 rings (SSSR count). The van der Waals surface area contributed by atoms with E-state index in [1.807, 2.05) is 44.3 Å². The summed E-state index contributed by atoms with van der Waals surface area (Å²) in [5.74, 6) is 0. The van der Waals surface area contributed by atoms with Crippen molar-refractivity contribution in [3.8, 4) is 0 Å². The van der Waals surface area contributed by atoms with E-state index in [-0.39, 0.29) is 6.03 Å². The largest absolute Gasteiger partial charge is 0.390 e. The van der Waals surface area contributed by atoms with Crippen LogP contribution in [0.5, 0.6) is 0 Å². The molecule has 0 radical (unpaired) electrons. The van der Waals surface area contributed by atoms with Crippen LogP contribution in [0, 0.1) is 6.92 Å². The number of carbonyl (C=O) groups is 1. The highest BCUT2D eigenvalue weighted by Gasteiger charge is 2.31. The Bertz CT molecular complexity index is 965. The van der Waals surface area contributed by atoms with Crippen molar-refractivity contribution in [2.24, 2.45) is 7.05 Å². The van der Waals surface area contributed by atoms with Crippen molar-refractivity contribution in [3.05, 3.63) is 53.3 Å². The second kappa shape index (κ2) is 5.86. The summed E-state index contributed by atoms with van der Waals surface area (Å²) in [6.45, 7) is 1.90. The van der Waals surface area contributed by atoms with Crippen LogP contribution in [0.15, 0.2) is 36.5 Å². The molecule has 1 aliphatic rings. The zero-order chi connectivity index (χ0) is 17.6. The fourth-order valence-corrected chi connectivity index (χ4v) is 3.43. The number of nitrogens with one attached hydrogen (secondary N) is 2. The molecular weight excluding hydrogens is 318 g/mol. The van der Waals surface area contributed by atoms with E-state index in [4.69, 9.17) is 0 Å². The number of aliphatic hydroxyl groups is 1. The number of aliphatic hydroxyl groups excluding tert-OH is 1. The molecule has 2 heterocycles. The minimum Gasteiger partial charge on any atom is -0.390 e. The maximum atomic E-state index is 12.4. The molecule has 0 unspecified atom stereocenters. The SMILES string of the molecule is Cc1nn(C)c2ncc(NC(=O)N[C@H]3c4ccccc4C[C@H]3O)cc12. The zero-order valence-corrected chi connectivity index (χ0v) is 14.0. The van der Waals surface area contributed by atoms with E-state index in [1.165, 1.54) is 0 Å². The van der Waals surface area contributed by atoms with Crippen molar-refractivity contribution in [2.45, 2.75) is 25.5 Å². The van der Waals surface area contributed by atoms with Gasteiger partial charge in [-0.05, 0) is 24.1 Å². The molecule has 0 saturated carbocycles. The number of fused-ring (bicyclic) bond motifs is 2. The molecule has 0 bridgehead atoms. The Labute approximate surface area is 144 Å². The second-order valence-corrected chi connectivity index (χ2v) is 6.35. The lowest BCUT2D eigenvalue weighted by Crippen LogP contribution is -2.36. The molecule has 7 heteroatoms. The molecular formula is C18H19N5O2. The number of nitrogens with zero attached hydrogens (tertiary/aromatic N) is 3. The summed E-state index contributed by atoms with van der Waals surface area (Å²) in [7, 11) is 1.83. The Balaban J connectivity index is 1.52. The first-order chi connectivity index (χ1) is 12.0. The van der Waals surface area contributed by atoms with Crippen LogP contribution in [0.2, 0.25) is 0 Å². The van der Waals surface area contributed by atoms with Crippen LogP contribution < -0.4 is 10.6 Å². The van der Waals surface area contributed by atoms with Crippen LogP contribution in [0.1, 0.15) is 22.9 Å². The minimum absolute atomic E-state index is 0.372. The topological polar surface area (TPSA) is 92.1 Å². The third kappa shape index (κ3) is 2.72. The van der Waals surface area contributed by atoms with Gasteiger partial charge < -0.3 is 15.7 Å². The molecule has 3 aromatic rings. The summed E-state index contributed by atoms with van der Waals surface area (Å²) >= 11 is 0. The van der Waals surface area contributed by atoms with Crippen molar-refractivity contribution < 1.29 is 9.90 Å². The predicted molar refractivity (Wildman–Crippen MR) is 94.3 cm³/mol. The maximum Gasteiger partial charge on any atom is 0.319 e. The van der Waals surface area contributed by atoms with Crippen LogP contribution in [-0.4, -0.2) is 32.0 Å². The minimum atomic E-state index is -0.621. The number of benzene rings is 1. The normalized spacial score (nSPS) is 19.0. The summed E-state index contributed by atoms with van der Waals surface area (Å²) in [5, 5.41) is 21.1. The highest BCUT2D eigenvalue weighted by atomic mass is 16.3. The average molecular weight is 337 g/mol. The first kappa shape index (κ1) is 15.6. The molecule has 0 saturated heterocycles. The lowest BCUT2D eigenvalue weighted by atomic mass is 10.1. The van der Waals surface area contributed by atoms with Crippen molar-refractivity contribution >= 4 is 22.8 Å². The quantitative estimate of drug-likeness (QED) is 0.667. The molecule has 0 fully saturated rings. The van der Waals surface area contributed by atoms with Crippen molar-refractivity contribution in [1.82, 2.24) is 20.1 Å². The molecule has 2 aromatic heterocycles. The number of amides is 2. The summed E-state index contributed by atoms with van der Waals surface area (Å²) in [6, 6.07) is 8.82. The van der Waals surface area contributed by atoms with Gasteiger partial charge in [-0.3, -0.25) is 4.68 Å². The number of aryl methyl sites for hydroxylation is 2. The number of carbonyl (C=O) groups excluding carboxylic acids is 1. The Morgan fingerprint density at radius 3 is 3.00 bits per heavy atom. The van der Waals surface area contributed by atoms with Gasteiger partial charge >= 0.3 is 6.03 Å². The van der Waals surface area contributed by atoms with Crippen LogP contribution in [0.3, 0.4) is 0 Å². The van der Waals surface area contributed by atoms with Crippen LogP contribution in [-0.2, 0) is 13.5 Å². The van der Waals surface area contributed by atoms with Gasteiger partial charge in [0.05, 0.1) is 29.7 Å². The summed E-state index contributed by atoms with van der Waals surface area (Å²) in [5.41, 5.74) is 4.23. The molecule has 2 atom stereocenters. The molecule has 1 aliphatic carbocycles. The van der Waals surface area contributed by atoms with E-state index in [1.54, 1.807) is 10.9 Å². The molecule has 0 spiro atoms. The van der Waals surface area contributed by atoms with Gasteiger partial charge in [0.15, 0.2) is 5.65 Å². The molecule has 7 nitrogen and oxygen atoms in total. The molecule has 3 N–H and O–H groups in total. The molecule has 1 aromatic carbocycles. The van der Waals surface area contributed by atoms with Gasteiger partial charge in [-0.1, -0.05) is 24.3 Å². The number of aromatic nitrogens is 3. The summed E-state index contributed by atoms with van der Waals surface area (Å²) in [6.07, 6.45) is 1.52.